The molecule has 6 heteroatoms. The molecule has 0 aliphatic carbocycles. The van der Waals surface area contributed by atoms with E-state index in [1.54, 1.807) is 12.0 Å². The molecule has 0 saturated carbocycles. The number of nitrogens with zero attached hydrogens (tertiary/aromatic N) is 3. The first-order valence-electron chi connectivity index (χ1n) is 8.49. The molecule has 1 aliphatic heterocycles. The van der Waals surface area contributed by atoms with Crippen LogP contribution in [-0.2, 0) is 4.79 Å². The molecule has 2 heterocycles. The highest BCUT2D eigenvalue weighted by atomic mass is 16.5. The van der Waals surface area contributed by atoms with Crippen LogP contribution < -0.4 is 9.64 Å². The molecule has 1 atom stereocenters. The maximum absolute atomic E-state index is 12.4. The second-order valence-electron chi connectivity index (χ2n) is 6.43. The van der Waals surface area contributed by atoms with Crippen LogP contribution in [0.1, 0.15) is 23.8 Å². The Labute approximate surface area is 151 Å². The number of rotatable bonds is 4. The number of aryl methyl sites for hydroxylation is 1. The van der Waals surface area contributed by atoms with Gasteiger partial charge in [-0.1, -0.05) is 22.9 Å². The van der Waals surface area contributed by atoms with Crippen LogP contribution in [-0.4, -0.2) is 29.7 Å². The van der Waals surface area contributed by atoms with Crippen molar-refractivity contribution in [2.45, 2.75) is 19.3 Å². The van der Waals surface area contributed by atoms with Crippen molar-refractivity contribution in [1.82, 2.24) is 10.1 Å². The molecule has 2 aromatic carbocycles. The Kier molecular flexibility index (Phi) is 4.16. The van der Waals surface area contributed by atoms with E-state index in [-0.39, 0.29) is 11.8 Å². The van der Waals surface area contributed by atoms with Gasteiger partial charge in [0.05, 0.1) is 13.0 Å². The lowest BCUT2D eigenvalue weighted by molar-refractivity contribution is -0.117. The lowest BCUT2D eigenvalue weighted by atomic mass is 10.1. The molecular formula is C20H19N3O3. The first kappa shape index (κ1) is 16.3. The van der Waals surface area contributed by atoms with Crippen LogP contribution in [0.15, 0.2) is 53.1 Å². The highest BCUT2D eigenvalue weighted by molar-refractivity contribution is 5.96. The fourth-order valence-electron chi connectivity index (χ4n) is 3.11. The van der Waals surface area contributed by atoms with Gasteiger partial charge in [0.2, 0.25) is 17.6 Å². The molecule has 0 radical (unpaired) electrons. The number of anilines is 1. The first-order chi connectivity index (χ1) is 12.6. The fraction of sp³-hybridized carbons (Fsp3) is 0.250. The van der Waals surface area contributed by atoms with Gasteiger partial charge in [-0.15, -0.1) is 0 Å². The SMILES string of the molecule is COc1ccc(-c2noc([C@@H]3CC(=O)N(c4ccc(C)cc4)C3)n2)cc1. The Morgan fingerprint density at radius 2 is 1.85 bits per heavy atom. The smallest absolute Gasteiger partial charge is 0.232 e. The topological polar surface area (TPSA) is 68.5 Å². The monoisotopic (exact) mass is 349 g/mol. The molecule has 1 amide bonds. The fourth-order valence-corrected chi connectivity index (χ4v) is 3.11. The zero-order chi connectivity index (χ0) is 18.1. The van der Waals surface area contributed by atoms with Gasteiger partial charge in [-0.3, -0.25) is 4.79 Å². The van der Waals surface area contributed by atoms with Gasteiger partial charge >= 0.3 is 0 Å². The zero-order valence-electron chi connectivity index (χ0n) is 14.7. The predicted molar refractivity (Wildman–Crippen MR) is 97.2 cm³/mol. The number of methoxy groups -OCH3 is 1. The van der Waals surface area contributed by atoms with Crippen LogP contribution in [0.4, 0.5) is 5.69 Å². The number of aromatic nitrogens is 2. The summed E-state index contributed by atoms with van der Waals surface area (Å²) in [6.07, 6.45) is 0.373. The molecule has 3 aromatic rings. The van der Waals surface area contributed by atoms with E-state index in [4.69, 9.17) is 9.26 Å². The molecule has 0 bridgehead atoms. The number of carbonyl (C=O) groups excluding carboxylic acids is 1. The summed E-state index contributed by atoms with van der Waals surface area (Å²) in [7, 11) is 1.62. The molecule has 4 rings (SSSR count). The van der Waals surface area contributed by atoms with E-state index in [0.29, 0.717) is 24.7 Å². The molecule has 1 fully saturated rings. The van der Waals surface area contributed by atoms with Gasteiger partial charge in [0.1, 0.15) is 5.75 Å². The standard InChI is InChI=1S/C20H19N3O3/c1-13-3-7-16(8-4-13)23-12-15(11-18(23)24)20-21-19(22-26-20)14-5-9-17(25-2)10-6-14/h3-10,15H,11-12H2,1-2H3/t15-/m1/s1. The Hall–Kier alpha value is -3.15. The molecular weight excluding hydrogens is 330 g/mol. The largest absolute Gasteiger partial charge is 0.497 e. The maximum Gasteiger partial charge on any atom is 0.232 e. The van der Waals surface area contributed by atoms with E-state index < -0.39 is 0 Å². The van der Waals surface area contributed by atoms with Gasteiger partial charge < -0.3 is 14.2 Å². The lowest BCUT2D eigenvalue weighted by Crippen LogP contribution is -2.24. The van der Waals surface area contributed by atoms with Crippen LogP contribution >= 0.6 is 0 Å². The van der Waals surface area contributed by atoms with Crippen molar-refractivity contribution in [3.8, 4) is 17.1 Å². The summed E-state index contributed by atoms with van der Waals surface area (Å²) >= 11 is 0. The molecule has 1 aromatic heterocycles. The summed E-state index contributed by atoms with van der Waals surface area (Å²) in [6, 6.07) is 15.4. The maximum atomic E-state index is 12.4. The van der Waals surface area contributed by atoms with Crippen LogP contribution in [0.5, 0.6) is 5.75 Å². The van der Waals surface area contributed by atoms with Crippen LogP contribution in [0.2, 0.25) is 0 Å². The average molecular weight is 349 g/mol. The van der Waals surface area contributed by atoms with Gasteiger partial charge in [-0.2, -0.15) is 4.98 Å². The molecule has 6 nitrogen and oxygen atoms in total. The van der Waals surface area contributed by atoms with Crippen molar-refractivity contribution in [3.05, 3.63) is 60.0 Å². The van der Waals surface area contributed by atoms with E-state index in [1.807, 2.05) is 55.5 Å². The van der Waals surface area contributed by atoms with Crippen molar-refractivity contribution < 1.29 is 14.1 Å². The van der Waals surface area contributed by atoms with Crippen molar-refractivity contribution in [3.63, 3.8) is 0 Å². The minimum absolute atomic E-state index is 0.0723. The van der Waals surface area contributed by atoms with E-state index in [2.05, 4.69) is 10.1 Å². The molecule has 1 saturated heterocycles. The Bertz CT molecular complexity index is 916. The molecule has 0 spiro atoms. The van der Waals surface area contributed by atoms with Gasteiger partial charge in [0, 0.05) is 24.2 Å². The van der Waals surface area contributed by atoms with Crippen LogP contribution in [0.25, 0.3) is 11.4 Å². The Morgan fingerprint density at radius 3 is 2.54 bits per heavy atom. The second kappa shape index (κ2) is 6.63. The van der Waals surface area contributed by atoms with Crippen LogP contribution in [0.3, 0.4) is 0 Å². The van der Waals surface area contributed by atoms with E-state index in [0.717, 1.165) is 22.6 Å². The van der Waals surface area contributed by atoms with E-state index in [9.17, 15) is 4.79 Å². The normalized spacial score (nSPS) is 16.9. The quantitative estimate of drug-likeness (QED) is 0.720. The number of carbonyl (C=O) groups is 1. The van der Waals surface area contributed by atoms with Gasteiger partial charge in [-0.25, -0.2) is 0 Å². The number of benzene rings is 2. The summed E-state index contributed by atoms with van der Waals surface area (Å²) in [4.78, 5) is 18.7. The molecule has 0 N–H and O–H groups in total. The van der Waals surface area contributed by atoms with E-state index >= 15 is 0 Å². The predicted octanol–water partition coefficient (Wildman–Crippen LogP) is 3.57. The second-order valence-corrected chi connectivity index (χ2v) is 6.43. The highest BCUT2D eigenvalue weighted by Gasteiger charge is 2.35. The number of hydrogen-bond donors (Lipinski definition) is 0. The number of ether oxygens (including phenoxy) is 1. The number of hydrogen-bond acceptors (Lipinski definition) is 5. The molecule has 1 aliphatic rings. The summed E-state index contributed by atoms with van der Waals surface area (Å²) in [5.41, 5.74) is 2.91. The molecule has 0 unspecified atom stereocenters. The minimum atomic E-state index is -0.0942. The molecule has 132 valence electrons. The highest BCUT2D eigenvalue weighted by Crippen LogP contribution is 2.32. The van der Waals surface area contributed by atoms with Gasteiger partial charge in [0.25, 0.3) is 0 Å². The van der Waals surface area contributed by atoms with Gasteiger partial charge in [-0.05, 0) is 43.3 Å². The van der Waals surface area contributed by atoms with Gasteiger partial charge in [0.15, 0.2) is 0 Å². The summed E-state index contributed by atoms with van der Waals surface area (Å²) in [5, 5.41) is 4.06. The third-order valence-corrected chi connectivity index (χ3v) is 4.61. The summed E-state index contributed by atoms with van der Waals surface area (Å²) in [6.45, 7) is 2.57. The Morgan fingerprint density at radius 1 is 1.12 bits per heavy atom. The zero-order valence-corrected chi connectivity index (χ0v) is 14.7. The third-order valence-electron chi connectivity index (χ3n) is 4.61. The Balaban J connectivity index is 1.52. The van der Waals surface area contributed by atoms with Crippen LogP contribution in [0, 0.1) is 6.92 Å². The molecule has 26 heavy (non-hydrogen) atoms. The summed E-state index contributed by atoms with van der Waals surface area (Å²) < 4.78 is 10.6. The lowest BCUT2D eigenvalue weighted by Gasteiger charge is -2.16. The van der Waals surface area contributed by atoms with E-state index in [1.165, 1.54) is 0 Å². The van der Waals surface area contributed by atoms with Crippen molar-refractivity contribution in [2.24, 2.45) is 0 Å². The minimum Gasteiger partial charge on any atom is -0.497 e. The van der Waals surface area contributed by atoms with Crippen molar-refractivity contribution in [2.75, 3.05) is 18.6 Å². The average Bonchev–Trinajstić information content (AvgIpc) is 3.29. The number of amides is 1. The van der Waals surface area contributed by atoms with Crippen molar-refractivity contribution in [1.29, 1.82) is 0 Å². The van der Waals surface area contributed by atoms with Crippen molar-refractivity contribution >= 4 is 11.6 Å². The third kappa shape index (κ3) is 3.06. The summed E-state index contributed by atoms with van der Waals surface area (Å²) in [5.74, 6) is 1.77. The first-order valence-corrected chi connectivity index (χ1v) is 8.49.